The highest BCUT2D eigenvalue weighted by Gasteiger charge is 2.44. The molecule has 1 aliphatic rings. The van der Waals surface area contributed by atoms with Crippen LogP contribution in [0.4, 0.5) is 0 Å². The number of ether oxygens (including phenoxy) is 2. The maximum atomic E-state index is 10.0. The van der Waals surface area contributed by atoms with Gasteiger partial charge >= 0.3 is 0 Å². The van der Waals surface area contributed by atoms with Gasteiger partial charge in [0.1, 0.15) is 36.3 Å². The molecule has 7 heteroatoms. The number of aliphatic hydroxyl groups excluding tert-OH is 4. The summed E-state index contributed by atoms with van der Waals surface area (Å²) in [6, 6.07) is 5.10. The van der Waals surface area contributed by atoms with E-state index in [9.17, 15) is 15.3 Å². The van der Waals surface area contributed by atoms with E-state index in [1.165, 1.54) is 7.11 Å². The Hall–Kier alpha value is -0.700. The summed E-state index contributed by atoms with van der Waals surface area (Å²) >= 11 is 3.32. The number of benzene rings is 1. The minimum atomic E-state index is -1.39. The number of hydrogen-bond acceptors (Lipinski definition) is 6. The van der Waals surface area contributed by atoms with Gasteiger partial charge in [0.2, 0.25) is 0 Å². The SMILES string of the molecule is COc1cc([C@H]2O[C@H](CO)[C@@H](O)[C@H](O)[C@@H]2O)ccc1Br. The van der Waals surface area contributed by atoms with E-state index >= 15 is 0 Å². The molecule has 2 rings (SSSR count). The minimum Gasteiger partial charge on any atom is -0.496 e. The first kappa shape index (κ1) is 15.7. The molecule has 0 radical (unpaired) electrons. The predicted octanol–water partition coefficient (Wildman–Crippen LogP) is -0.0274. The highest BCUT2D eigenvalue weighted by molar-refractivity contribution is 9.10. The molecule has 0 amide bonds. The van der Waals surface area contributed by atoms with Crippen molar-refractivity contribution in [2.45, 2.75) is 30.5 Å². The van der Waals surface area contributed by atoms with E-state index in [1.807, 2.05) is 0 Å². The molecule has 6 nitrogen and oxygen atoms in total. The number of aliphatic hydroxyl groups is 4. The van der Waals surface area contributed by atoms with Crippen molar-refractivity contribution in [3.63, 3.8) is 0 Å². The van der Waals surface area contributed by atoms with Crippen molar-refractivity contribution in [3.05, 3.63) is 28.2 Å². The lowest BCUT2D eigenvalue weighted by Gasteiger charge is -2.40. The van der Waals surface area contributed by atoms with Gasteiger partial charge in [0, 0.05) is 0 Å². The van der Waals surface area contributed by atoms with Crippen LogP contribution in [-0.4, -0.2) is 58.6 Å². The maximum absolute atomic E-state index is 10.0. The van der Waals surface area contributed by atoms with E-state index < -0.39 is 37.1 Å². The van der Waals surface area contributed by atoms with Crippen LogP contribution in [0.1, 0.15) is 11.7 Å². The smallest absolute Gasteiger partial charge is 0.133 e. The molecule has 1 aromatic rings. The van der Waals surface area contributed by atoms with Gasteiger partial charge in [-0.25, -0.2) is 0 Å². The summed E-state index contributed by atoms with van der Waals surface area (Å²) in [4.78, 5) is 0. The number of hydrogen-bond donors (Lipinski definition) is 4. The van der Waals surface area contributed by atoms with Crippen LogP contribution in [0.3, 0.4) is 0 Å². The van der Waals surface area contributed by atoms with Gasteiger partial charge in [-0.1, -0.05) is 6.07 Å². The molecular formula is C13H17BrO6. The lowest BCUT2D eigenvalue weighted by atomic mass is 9.91. The summed E-state index contributed by atoms with van der Waals surface area (Å²) in [5.74, 6) is 0.555. The number of rotatable bonds is 3. The Morgan fingerprint density at radius 2 is 1.90 bits per heavy atom. The molecule has 0 unspecified atom stereocenters. The van der Waals surface area contributed by atoms with Crippen LogP contribution >= 0.6 is 15.9 Å². The van der Waals surface area contributed by atoms with Crippen LogP contribution in [0.15, 0.2) is 22.7 Å². The first-order chi connectivity index (χ1) is 9.49. The van der Waals surface area contributed by atoms with Crippen LogP contribution < -0.4 is 4.74 Å². The second-order valence-electron chi connectivity index (χ2n) is 4.64. The van der Waals surface area contributed by atoms with Gasteiger partial charge in [-0.05, 0) is 33.6 Å². The first-order valence-electron chi connectivity index (χ1n) is 6.13. The van der Waals surface area contributed by atoms with Gasteiger partial charge in [0.05, 0.1) is 18.2 Å². The van der Waals surface area contributed by atoms with Gasteiger partial charge in [0.15, 0.2) is 0 Å². The Kier molecular flexibility index (Phi) is 5.00. The van der Waals surface area contributed by atoms with Gasteiger partial charge in [0.25, 0.3) is 0 Å². The Morgan fingerprint density at radius 3 is 2.50 bits per heavy atom. The van der Waals surface area contributed by atoms with Crippen LogP contribution in [0.25, 0.3) is 0 Å². The van der Waals surface area contributed by atoms with E-state index in [2.05, 4.69) is 15.9 Å². The Bertz CT molecular complexity index is 466. The molecule has 112 valence electrons. The molecule has 1 aromatic carbocycles. The summed E-state index contributed by atoms with van der Waals surface area (Å²) in [6.07, 6.45) is -5.82. The Morgan fingerprint density at radius 1 is 1.20 bits per heavy atom. The van der Waals surface area contributed by atoms with Crippen LogP contribution in [0.5, 0.6) is 5.75 Å². The van der Waals surface area contributed by atoms with Gasteiger partial charge in [-0.3, -0.25) is 0 Å². The topological polar surface area (TPSA) is 99.4 Å². The zero-order valence-electron chi connectivity index (χ0n) is 10.8. The fourth-order valence-electron chi connectivity index (χ4n) is 2.23. The minimum absolute atomic E-state index is 0.449. The molecule has 1 fully saturated rings. The van der Waals surface area contributed by atoms with E-state index in [0.717, 1.165) is 4.47 Å². The number of methoxy groups -OCH3 is 1. The second-order valence-corrected chi connectivity index (χ2v) is 5.50. The highest BCUT2D eigenvalue weighted by Crippen LogP contribution is 2.35. The molecule has 0 saturated carbocycles. The summed E-state index contributed by atoms with van der Waals surface area (Å²) in [5.41, 5.74) is 0.585. The van der Waals surface area contributed by atoms with Crippen molar-refractivity contribution >= 4 is 15.9 Å². The standard InChI is InChI=1S/C13H17BrO6/c1-19-8-4-6(2-3-7(8)14)13-12(18)11(17)10(16)9(5-15)20-13/h2-4,9-13,15-18H,5H2,1H3/t9-,10-,11+,12+,13-/m1/s1. The van der Waals surface area contributed by atoms with Crippen molar-refractivity contribution in [2.75, 3.05) is 13.7 Å². The third-order valence-corrected chi connectivity index (χ3v) is 4.05. The summed E-state index contributed by atoms with van der Waals surface area (Å²) in [5, 5.41) is 38.7. The third-order valence-electron chi connectivity index (χ3n) is 3.40. The van der Waals surface area contributed by atoms with Crippen molar-refractivity contribution in [1.82, 2.24) is 0 Å². The lowest BCUT2D eigenvalue weighted by molar-refractivity contribution is -0.231. The second kappa shape index (κ2) is 6.38. The fourth-order valence-corrected chi connectivity index (χ4v) is 2.64. The first-order valence-corrected chi connectivity index (χ1v) is 6.92. The van der Waals surface area contributed by atoms with Crippen molar-refractivity contribution in [2.24, 2.45) is 0 Å². The monoisotopic (exact) mass is 348 g/mol. The van der Waals surface area contributed by atoms with E-state index in [-0.39, 0.29) is 0 Å². The van der Waals surface area contributed by atoms with Crippen LogP contribution in [0.2, 0.25) is 0 Å². The molecule has 1 saturated heterocycles. The van der Waals surface area contributed by atoms with E-state index in [1.54, 1.807) is 18.2 Å². The summed E-state index contributed by atoms with van der Waals surface area (Å²) in [6.45, 7) is -0.449. The molecule has 0 aromatic heterocycles. The molecule has 20 heavy (non-hydrogen) atoms. The highest BCUT2D eigenvalue weighted by atomic mass is 79.9. The number of halogens is 1. The average Bonchev–Trinajstić information content (AvgIpc) is 2.46. The molecule has 1 aliphatic heterocycles. The Balaban J connectivity index is 2.31. The van der Waals surface area contributed by atoms with Crippen molar-refractivity contribution in [3.8, 4) is 5.75 Å². The largest absolute Gasteiger partial charge is 0.496 e. The van der Waals surface area contributed by atoms with Crippen molar-refractivity contribution < 1.29 is 29.9 Å². The molecule has 0 spiro atoms. The quantitative estimate of drug-likeness (QED) is 0.612. The molecule has 0 aliphatic carbocycles. The average molecular weight is 349 g/mol. The zero-order valence-corrected chi connectivity index (χ0v) is 12.4. The molecule has 0 bridgehead atoms. The zero-order chi connectivity index (χ0) is 14.9. The van der Waals surface area contributed by atoms with E-state index in [4.69, 9.17) is 14.6 Å². The molecule has 4 N–H and O–H groups in total. The van der Waals surface area contributed by atoms with E-state index in [0.29, 0.717) is 11.3 Å². The van der Waals surface area contributed by atoms with Gasteiger partial charge in [-0.15, -0.1) is 0 Å². The summed E-state index contributed by atoms with van der Waals surface area (Å²) < 4.78 is 11.4. The molecule has 5 atom stereocenters. The molecule has 1 heterocycles. The van der Waals surface area contributed by atoms with Crippen LogP contribution in [-0.2, 0) is 4.74 Å². The van der Waals surface area contributed by atoms with Crippen LogP contribution in [0, 0.1) is 0 Å². The lowest BCUT2D eigenvalue weighted by Crippen LogP contribution is -2.55. The van der Waals surface area contributed by atoms with Gasteiger partial charge in [-0.2, -0.15) is 0 Å². The maximum Gasteiger partial charge on any atom is 0.133 e. The fraction of sp³-hybridized carbons (Fsp3) is 0.538. The Labute approximate surface area is 124 Å². The predicted molar refractivity (Wildman–Crippen MR) is 73.4 cm³/mol. The summed E-state index contributed by atoms with van der Waals surface area (Å²) in [7, 11) is 1.51. The van der Waals surface area contributed by atoms with Gasteiger partial charge < -0.3 is 29.9 Å². The van der Waals surface area contributed by atoms with Crippen molar-refractivity contribution in [1.29, 1.82) is 0 Å². The molecular weight excluding hydrogens is 332 g/mol. The third kappa shape index (κ3) is 2.83. The normalized spacial score (nSPS) is 34.0.